The molecule has 0 spiro atoms. The summed E-state index contributed by atoms with van der Waals surface area (Å²) in [5, 5.41) is 12.9. The summed E-state index contributed by atoms with van der Waals surface area (Å²) in [6, 6.07) is 8.43. The van der Waals surface area contributed by atoms with Gasteiger partial charge in [-0.3, -0.25) is 0 Å². The van der Waals surface area contributed by atoms with E-state index in [4.69, 9.17) is 5.11 Å². The highest BCUT2D eigenvalue weighted by Gasteiger charge is 2.25. The molecule has 5 heteroatoms. The van der Waals surface area contributed by atoms with Gasteiger partial charge in [-0.1, -0.05) is 24.3 Å². The second-order valence-electron chi connectivity index (χ2n) is 4.71. The third kappa shape index (κ3) is 2.21. The highest BCUT2D eigenvalue weighted by atomic mass is 32.1. The second kappa shape index (κ2) is 4.66. The number of aromatic nitrogens is 1. The Morgan fingerprint density at radius 3 is 3.00 bits per heavy atom. The zero-order valence-corrected chi connectivity index (χ0v) is 11.3. The van der Waals surface area contributed by atoms with E-state index in [0.717, 1.165) is 17.8 Å². The minimum Gasteiger partial charge on any atom is -0.476 e. The first-order chi connectivity index (χ1) is 9.15. The lowest BCUT2D eigenvalue weighted by atomic mass is 9.78. The van der Waals surface area contributed by atoms with Crippen LogP contribution in [0.4, 0.5) is 5.13 Å². The van der Waals surface area contributed by atoms with E-state index < -0.39 is 5.97 Å². The van der Waals surface area contributed by atoms with E-state index in [1.54, 1.807) is 6.92 Å². The Morgan fingerprint density at radius 2 is 2.32 bits per heavy atom. The van der Waals surface area contributed by atoms with E-state index in [2.05, 4.69) is 34.6 Å². The van der Waals surface area contributed by atoms with Gasteiger partial charge >= 0.3 is 5.97 Å². The van der Waals surface area contributed by atoms with Gasteiger partial charge in [0.25, 0.3) is 0 Å². The number of nitrogens with one attached hydrogen (secondary N) is 1. The molecule has 1 aliphatic rings. The van der Waals surface area contributed by atoms with Crippen molar-refractivity contribution >= 4 is 22.4 Å². The van der Waals surface area contributed by atoms with Gasteiger partial charge in [0.1, 0.15) is 0 Å². The second-order valence-corrected chi connectivity index (χ2v) is 5.91. The number of aryl methyl sites for hydroxylation is 1. The molecule has 19 heavy (non-hydrogen) atoms. The third-order valence-corrected chi connectivity index (χ3v) is 4.39. The molecule has 0 saturated heterocycles. The molecule has 1 aromatic carbocycles. The van der Waals surface area contributed by atoms with E-state index in [1.165, 1.54) is 22.5 Å². The first-order valence-corrected chi connectivity index (χ1v) is 6.99. The van der Waals surface area contributed by atoms with Crippen molar-refractivity contribution in [2.75, 3.05) is 11.9 Å². The molecule has 3 rings (SSSR count). The van der Waals surface area contributed by atoms with Crippen molar-refractivity contribution in [3.8, 4) is 0 Å². The molecule has 1 atom stereocenters. The van der Waals surface area contributed by atoms with Gasteiger partial charge in [0.2, 0.25) is 0 Å². The SMILES string of the molecule is Cc1sc(NCC2Cc3ccccc32)nc1C(=O)O. The summed E-state index contributed by atoms with van der Waals surface area (Å²) in [4.78, 5) is 15.8. The van der Waals surface area contributed by atoms with Crippen LogP contribution < -0.4 is 5.32 Å². The van der Waals surface area contributed by atoms with Gasteiger partial charge < -0.3 is 10.4 Å². The van der Waals surface area contributed by atoms with Crippen LogP contribution in [0.2, 0.25) is 0 Å². The summed E-state index contributed by atoms with van der Waals surface area (Å²) in [6.45, 7) is 2.59. The summed E-state index contributed by atoms with van der Waals surface area (Å²) in [6.07, 6.45) is 1.08. The molecule has 0 aliphatic heterocycles. The van der Waals surface area contributed by atoms with Crippen LogP contribution in [0.3, 0.4) is 0 Å². The summed E-state index contributed by atoms with van der Waals surface area (Å²) >= 11 is 1.40. The normalized spacial score (nSPS) is 16.6. The third-order valence-electron chi connectivity index (χ3n) is 3.46. The average Bonchev–Trinajstić information content (AvgIpc) is 2.72. The van der Waals surface area contributed by atoms with Gasteiger partial charge in [-0.2, -0.15) is 0 Å². The molecule has 0 saturated carbocycles. The number of carbonyl (C=O) groups is 1. The molecule has 0 fully saturated rings. The predicted octanol–water partition coefficient (Wildman–Crippen LogP) is 2.90. The van der Waals surface area contributed by atoms with E-state index >= 15 is 0 Å². The number of hydrogen-bond donors (Lipinski definition) is 2. The van der Waals surface area contributed by atoms with Gasteiger partial charge in [0.05, 0.1) is 0 Å². The zero-order chi connectivity index (χ0) is 13.4. The first kappa shape index (κ1) is 12.2. The quantitative estimate of drug-likeness (QED) is 0.900. The maximum atomic E-state index is 10.9. The Bertz CT molecular complexity index is 636. The molecule has 2 aromatic rings. The molecule has 1 heterocycles. The number of fused-ring (bicyclic) bond motifs is 1. The van der Waals surface area contributed by atoms with E-state index in [9.17, 15) is 4.79 Å². The lowest BCUT2D eigenvalue weighted by Gasteiger charge is -2.30. The van der Waals surface area contributed by atoms with Crippen molar-refractivity contribution in [1.82, 2.24) is 4.98 Å². The zero-order valence-electron chi connectivity index (χ0n) is 10.5. The monoisotopic (exact) mass is 274 g/mol. The van der Waals surface area contributed by atoms with Gasteiger partial charge in [-0.15, -0.1) is 11.3 Å². The maximum Gasteiger partial charge on any atom is 0.355 e. The van der Waals surface area contributed by atoms with E-state index in [0.29, 0.717) is 11.0 Å². The Labute approximate surface area is 115 Å². The standard InChI is InChI=1S/C14H14N2O2S/c1-8-12(13(17)18)16-14(19-8)15-7-10-6-9-4-2-3-5-11(9)10/h2-5,10H,6-7H2,1H3,(H,15,16)(H,17,18). The summed E-state index contributed by atoms with van der Waals surface area (Å²) in [7, 11) is 0. The number of rotatable bonds is 4. The fourth-order valence-corrected chi connectivity index (χ4v) is 3.24. The van der Waals surface area contributed by atoms with Crippen LogP contribution in [0.25, 0.3) is 0 Å². The molecule has 1 aliphatic carbocycles. The number of anilines is 1. The van der Waals surface area contributed by atoms with E-state index in [1.807, 2.05) is 0 Å². The lowest BCUT2D eigenvalue weighted by Crippen LogP contribution is -2.24. The van der Waals surface area contributed by atoms with Gasteiger partial charge in [0.15, 0.2) is 10.8 Å². The van der Waals surface area contributed by atoms with Crippen molar-refractivity contribution in [3.63, 3.8) is 0 Å². The van der Waals surface area contributed by atoms with Gasteiger partial charge in [-0.05, 0) is 24.5 Å². The molecule has 0 radical (unpaired) electrons. The van der Waals surface area contributed by atoms with Crippen LogP contribution >= 0.6 is 11.3 Å². The van der Waals surface area contributed by atoms with Crippen molar-refractivity contribution < 1.29 is 9.90 Å². The van der Waals surface area contributed by atoms with Crippen molar-refractivity contribution in [2.24, 2.45) is 0 Å². The van der Waals surface area contributed by atoms with Crippen molar-refractivity contribution in [3.05, 3.63) is 46.0 Å². The topological polar surface area (TPSA) is 62.2 Å². The highest BCUT2D eigenvalue weighted by molar-refractivity contribution is 7.15. The number of thiazole rings is 1. The molecule has 1 unspecified atom stereocenters. The number of aromatic carboxylic acids is 1. The van der Waals surface area contributed by atoms with Crippen molar-refractivity contribution in [2.45, 2.75) is 19.3 Å². The van der Waals surface area contributed by atoms with Crippen LogP contribution in [-0.4, -0.2) is 22.6 Å². The minimum atomic E-state index is -0.962. The Morgan fingerprint density at radius 1 is 1.53 bits per heavy atom. The average molecular weight is 274 g/mol. The molecule has 98 valence electrons. The van der Waals surface area contributed by atoms with Crippen LogP contribution in [0.15, 0.2) is 24.3 Å². The Hall–Kier alpha value is -1.88. The summed E-state index contributed by atoms with van der Waals surface area (Å²) in [5.41, 5.74) is 2.96. The predicted molar refractivity (Wildman–Crippen MR) is 75.2 cm³/mol. The number of hydrogen-bond acceptors (Lipinski definition) is 4. The van der Waals surface area contributed by atoms with Crippen molar-refractivity contribution in [1.29, 1.82) is 0 Å². The minimum absolute atomic E-state index is 0.154. The van der Waals surface area contributed by atoms with Gasteiger partial charge in [-0.25, -0.2) is 9.78 Å². The molecule has 4 nitrogen and oxygen atoms in total. The van der Waals surface area contributed by atoms with Crippen LogP contribution in [0.5, 0.6) is 0 Å². The smallest absolute Gasteiger partial charge is 0.355 e. The van der Waals surface area contributed by atoms with Crippen LogP contribution in [0, 0.1) is 6.92 Å². The summed E-state index contributed by atoms with van der Waals surface area (Å²) in [5.74, 6) is -0.454. The number of benzene rings is 1. The van der Waals surface area contributed by atoms with Gasteiger partial charge in [0, 0.05) is 17.3 Å². The number of carboxylic acid groups (broad SMARTS) is 1. The molecule has 0 bridgehead atoms. The van der Waals surface area contributed by atoms with E-state index in [-0.39, 0.29) is 5.69 Å². The number of nitrogens with zero attached hydrogens (tertiary/aromatic N) is 1. The molecule has 1 aromatic heterocycles. The molecule has 0 amide bonds. The largest absolute Gasteiger partial charge is 0.476 e. The van der Waals surface area contributed by atoms with Crippen LogP contribution in [-0.2, 0) is 6.42 Å². The fourth-order valence-electron chi connectivity index (χ4n) is 2.43. The Kier molecular flexibility index (Phi) is 2.98. The number of carboxylic acids is 1. The molecule has 2 N–H and O–H groups in total. The summed E-state index contributed by atoms with van der Waals surface area (Å²) < 4.78 is 0. The maximum absolute atomic E-state index is 10.9. The first-order valence-electron chi connectivity index (χ1n) is 6.17. The highest BCUT2D eigenvalue weighted by Crippen LogP contribution is 2.35. The molecular weight excluding hydrogens is 260 g/mol. The van der Waals surface area contributed by atoms with Crippen LogP contribution in [0.1, 0.15) is 32.4 Å². The molecular formula is C14H14N2O2S. The fraction of sp³-hybridized carbons (Fsp3) is 0.286. The lowest BCUT2D eigenvalue weighted by molar-refractivity contribution is 0.0690. The Balaban J connectivity index is 1.65.